The molecular formula is C25H24ClN3O3S. The highest BCUT2D eigenvalue weighted by molar-refractivity contribution is 7.19. The molecule has 1 aromatic carbocycles. The van der Waals surface area contributed by atoms with E-state index in [2.05, 4.69) is 15.3 Å². The van der Waals surface area contributed by atoms with Gasteiger partial charge in [0.1, 0.15) is 11.7 Å². The Bertz CT molecular complexity index is 1210. The van der Waals surface area contributed by atoms with Gasteiger partial charge in [-0.2, -0.15) is 0 Å². The molecule has 1 saturated carbocycles. The number of Topliss-reactive ketones (excluding diaryl/α,β-unsaturated/α-hetero) is 2. The van der Waals surface area contributed by atoms with Crippen LogP contribution in [0.4, 0.5) is 0 Å². The summed E-state index contributed by atoms with van der Waals surface area (Å²) in [6.07, 6.45) is 3.32. The molecule has 8 heteroatoms. The fraction of sp³-hybridized carbons (Fsp3) is 0.320. The third-order valence-electron chi connectivity index (χ3n) is 5.93. The van der Waals surface area contributed by atoms with Crippen LogP contribution in [0.15, 0.2) is 36.7 Å². The first-order valence-electron chi connectivity index (χ1n) is 10.7. The summed E-state index contributed by atoms with van der Waals surface area (Å²) in [6, 6.07) is 7.80. The molecule has 1 fully saturated rings. The Labute approximate surface area is 201 Å². The topological polar surface area (TPSA) is 89.0 Å². The maximum absolute atomic E-state index is 13.2. The van der Waals surface area contributed by atoms with Gasteiger partial charge < -0.3 is 5.32 Å². The van der Waals surface area contributed by atoms with Gasteiger partial charge in [-0.3, -0.25) is 24.4 Å². The molecule has 0 aliphatic heterocycles. The monoisotopic (exact) mass is 481 g/mol. The molecular weight excluding hydrogens is 458 g/mol. The number of carbonyl (C=O) groups excluding carboxylic acids is 3. The molecule has 0 bridgehead atoms. The van der Waals surface area contributed by atoms with E-state index in [4.69, 9.17) is 11.6 Å². The zero-order valence-corrected chi connectivity index (χ0v) is 20.2. The molecule has 2 atom stereocenters. The first-order chi connectivity index (χ1) is 15.7. The first kappa shape index (κ1) is 23.3. The standard InChI is InChI=1S/C25H24ClN3O3S/c1-13-6-16(20-4-5-21(26)33-20)7-14(2)23(13)24-19(30)8-17(25(24)32)9-22(31)29-12-18-11-27-15(3)10-28-18/h4-7,10-11,17,24H,8-9,12H2,1-3H3,(H,29,31). The summed E-state index contributed by atoms with van der Waals surface area (Å²) >= 11 is 7.56. The van der Waals surface area contributed by atoms with Crippen LogP contribution in [0.25, 0.3) is 10.4 Å². The van der Waals surface area contributed by atoms with Crippen molar-refractivity contribution in [3.8, 4) is 10.4 Å². The molecule has 1 aliphatic rings. The van der Waals surface area contributed by atoms with Crippen LogP contribution in [-0.4, -0.2) is 27.4 Å². The lowest BCUT2D eigenvalue weighted by Gasteiger charge is -2.17. The van der Waals surface area contributed by atoms with E-state index in [1.165, 1.54) is 11.3 Å². The lowest BCUT2D eigenvalue weighted by molar-refractivity contribution is -0.128. The summed E-state index contributed by atoms with van der Waals surface area (Å²) in [5.41, 5.74) is 4.99. The Morgan fingerprint density at radius 2 is 1.85 bits per heavy atom. The molecule has 2 unspecified atom stereocenters. The smallest absolute Gasteiger partial charge is 0.221 e. The lowest BCUT2D eigenvalue weighted by Crippen LogP contribution is -2.27. The molecule has 3 aromatic rings. The SMILES string of the molecule is Cc1cnc(CNC(=O)CC2CC(=O)C(c3c(C)cc(-c4ccc(Cl)s4)cc3C)C2=O)cn1. The molecule has 1 aliphatic carbocycles. The Kier molecular flexibility index (Phi) is 6.72. The molecule has 1 amide bonds. The Morgan fingerprint density at radius 1 is 1.12 bits per heavy atom. The number of nitrogens with zero attached hydrogens (tertiary/aromatic N) is 2. The van der Waals surface area contributed by atoms with Crippen LogP contribution in [-0.2, 0) is 20.9 Å². The van der Waals surface area contributed by atoms with E-state index >= 15 is 0 Å². The second-order valence-electron chi connectivity index (χ2n) is 8.46. The van der Waals surface area contributed by atoms with Crippen LogP contribution in [0, 0.1) is 26.7 Å². The Morgan fingerprint density at radius 3 is 2.45 bits per heavy atom. The maximum Gasteiger partial charge on any atom is 0.221 e. The van der Waals surface area contributed by atoms with Crippen molar-refractivity contribution in [2.75, 3.05) is 0 Å². The van der Waals surface area contributed by atoms with E-state index < -0.39 is 11.8 Å². The minimum atomic E-state index is -0.813. The van der Waals surface area contributed by atoms with Crippen LogP contribution < -0.4 is 5.32 Å². The van der Waals surface area contributed by atoms with Crippen LogP contribution >= 0.6 is 22.9 Å². The van der Waals surface area contributed by atoms with Gasteiger partial charge in [0, 0.05) is 29.8 Å². The number of hydrogen-bond acceptors (Lipinski definition) is 6. The number of benzene rings is 1. The van der Waals surface area contributed by atoms with E-state index in [9.17, 15) is 14.4 Å². The Balaban J connectivity index is 1.46. The summed E-state index contributed by atoms with van der Waals surface area (Å²) in [7, 11) is 0. The largest absolute Gasteiger partial charge is 0.350 e. The van der Waals surface area contributed by atoms with Gasteiger partial charge in [0.05, 0.1) is 28.5 Å². The van der Waals surface area contributed by atoms with Gasteiger partial charge in [0.2, 0.25) is 5.91 Å². The quantitative estimate of drug-likeness (QED) is 0.514. The predicted octanol–water partition coefficient (Wildman–Crippen LogP) is 4.73. The highest BCUT2D eigenvalue weighted by Crippen LogP contribution is 2.40. The molecule has 0 spiro atoms. The summed E-state index contributed by atoms with van der Waals surface area (Å²) in [6.45, 7) is 5.91. The van der Waals surface area contributed by atoms with E-state index in [0.29, 0.717) is 10.0 Å². The van der Waals surface area contributed by atoms with Crippen LogP contribution in [0.3, 0.4) is 0 Å². The van der Waals surface area contributed by atoms with E-state index in [0.717, 1.165) is 32.8 Å². The zero-order valence-electron chi connectivity index (χ0n) is 18.6. The van der Waals surface area contributed by atoms with Crippen molar-refractivity contribution in [1.82, 2.24) is 15.3 Å². The summed E-state index contributed by atoms with van der Waals surface area (Å²) in [4.78, 5) is 47.9. The predicted molar refractivity (Wildman–Crippen MR) is 128 cm³/mol. The van der Waals surface area contributed by atoms with E-state index in [1.54, 1.807) is 12.4 Å². The number of nitrogens with one attached hydrogen (secondary N) is 1. The summed E-state index contributed by atoms with van der Waals surface area (Å²) in [5, 5.41) is 2.77. The van der Waals surface area contributed by atoms with Crippen LogP contribution in [0.1, 0.15) is 46.8 Å². The van der Waals surface area contributed by atoms with Crippen LogP contribution in [0.5, 0.6) is 0 Å². The molecule has 0 saturated heterocycles. The van der Waals surface area contributed by atoms with Crippen molar-refractivity contribution >= 4 is 40.4 Å². The van der Waals surface area contributed by atoms with Crippen molar-refractivity contribution in [2.45, 2.75) is 46.1 Å². The first-order valence-corrected chi connectivity index (χ1v) is 11.9. The van der Waals surface area contributed by atoms with Gasteiger partial charge in [0.25, 0.3) is 0 Å². The molecule has 0 radical (unpaired) electrons. The molecule has 2 aromatic heterocycles. The number of thiophene rings is 1. The summed E-state index contributed by atoms with van der Waals surface area (Å²) in [5.74, 6) is -2.00. The highest BCUT2D eigenvalue weighted by atomic mass is 35.5. The van der Waals surface area contributed by atoms with Crippen molar-refractivity contribution in [3.63, 3.8) is 0 Å². The number of amides is 1. The maximum atomic E-state index is 13.2. The fourth-order valence-electron chi connectivity index (χ4n) is 4.37. The van der Waals surface area contributed by atoms with Gasteiger partial charge in [-0.15, -0.1) is 11.3 Å². The second-order valence-corrected chi connectivity index (χ2v) is 10.2. The fourth-order valence-corrected chi connectivity index (χ4v) is 5.40. The van der Waals surface area contributed by atoms with E-state index in [1.807, 2.05) is 45.0 Å². The number of aryl methyl sites for hydroxylation is 3. The lowest BCUT2D eigenvalue weighted by atomic mass is 9.86. The Hall–Kier alpha value is -2.90. The number of halogens is 1. The minimum Gasteiger partial charge on any atom is -0.350 e. The minimum absolute atomic E-state index is 0.00969. The van der Waals surface area contributed by atoms with Gasteiger partial charge in [-0.1, -0.05) is 23.7 Å². The van der Waals surface area contributed by atoms with Gasteiger partial charge in [-0.25, -0.2) is 0 Å². The molecule has 33 heavy (non-hydrogen) atoms. The van der Waals surface area contributed by atoms with Gasteiger partial charge in [-0.05, 0) is 55.2 Å². The van der Waals surface area contributed by atoms with Crippen molar-refractivity contribution < 1.29 is 14.4 Å². The summed E-state index contributed by atoms with van der Waals surface area (Å²) < 4.78 is 0.709. The second kappa shape index (κ2) is 9.53. The van der Waals surface area contributed by atoms with Crippen molar-refractivity contribution in [3.05, 3.63) is 69.1 Å². The number of carbonyl (C=O) groups is 3. The number of rotatable bonds is 6. The molecule has 170 valence electrons. The van der Waals surface area contributed by atoms with Gasteiger partial charge in [0.15, 0.2) is 5.78 Å². The average molecular weight is 482 g/mol. The third-order valence-corrected chi connectivity index (χ3v) is 7.21. The molecule has 1 N–H and O–H groups in total. The van der Waals surface area contributed by atoms with Crippen LogP contribution in [0.2, 0.25) is 4.34 Å². The number of aromatic nitrogens is 2. The molecule has 2 heterocycles. The number of ketones is 2. The number of hydrogen-bond donors (Lipinski definition) is 1. The van der Waals surface area contributed by atoms with Crippen molar-refractivity contribution in [2.24, 2.45) is 5.92 Å². The van der Waals surface area contributed by atoms with E-state index in [-0.39, 0.29) is 36.9 Å². The zero-order chi connectivity index (χ0) is 23.7. The average Bonchev–Trinajstić information content (AvgIpc) is 3.31. The molecule has 4 rings (SSSR count). The van der Waals surface area contributed by atoms with Gasteiger partial charge >= 0.3 is 0 Å². The highest BCUT2D eigenvalue weighted by Gasteiger charge is 2.43. The third kappa shape index (κ3) is 5.04. The normalized spacial score (nSPS) is 18.1. The molecule has 6 nitrogen and oxygen atoms in total. The van der Waals surface area contributed by atoms with Crippen molar-refractivity contribution in [1.29, 1.82) is 0 Å².